The summed E-state index contributed by atoms with van der Waals surface area (Å²) >= 11 is 12.9. The van der Waals surface area contributed by atoms with Gasteiger partial charge in [-0.25, -0.2) is 0 Å². The van der Waals surface area contributed by atoms with Crippen molar-refractivity contribution in [1.29, 1.82) is 0 Å². The average Bonchev–Trinajstić information content (AvgIpc) is 2.11. The Bertz CT molecular complexity index is 334. The van der Waals surface area contributed by atoms with Crippen LogP contribution in [0.4, 0.5) is 0 Å². The van der Waals surface area contributed by atoms with Crippen LogP contribution in [-0.4, -0.2) is 16.3 Å². The third-order valence-corrected chi connectivity index (χ3v) is 3.65. The molecule has 0 radical (unpaired) electrons. The molecule has 1 aromatic rings. The molecular weight excluding hydrogens is 243 g/mol. The lowest BCUT2D eigenvalue weighted by molar-refractivity contribution is -0.136. The minimum atomic E-state index is -0.883. The van der Waals surface area contributed by atoms with E-state index in [1.807, 2.05) is 0 Å². The van der Waals surface area contributed by atoms with Crippen molar-refractivity contribution >= 4 is 40.9 Å². The van der Waals surface area contributed by atoms with Gasteiger partial charge in [-0.1, -0.05) is 29.3 Å². The van der Waals surface area contributed by atoms with E-state index >= 15 is 0 Å². The molecule has 0 heterocycles. The number of benzene rings is 1. The van der Waals surface area contributed by atoms with Gasteiger partial charge in [-0.15, -0.1) is 11.8 Å². The van der Waals surface area contributed by atoms with Gasteiger partial charge in [0.05, 0.1) is 10.0 Å². The van der Waals surface area contributed by atoms with Crippen molar-refractivity contribution in [3.63, 3.8) is 0 Å². The van der Waals surface area contributed by atoms with E-state index in [1.54, 1.807) is 25.1 Å². The minimum absolute atomic E-state index is 0.482. The molecule has 0 fully saturated rings. The third-order valence-electron chi connectivity index (χ3n) is 1.56. The molecule has 1 aromatic carbocycles. The van der Waals surface area contributed by atoms with Crippen LogP contribution in [0.15, 0.2) is 23.1 Å². The van der Waals surface area contributed by atoms with Gasteiger partial charge in [-0.2, -0.15) is 0 Å². The maximum Gasteiger partial charge on any atom is 0.316 e. The van der Waals surface area contributed by atoms with Crippen molar-refractivity contribution in [2.45, 2.75) is 17.1 Å². The first-order valence-corrected chi connectivity index (χ1v) is 5.49. The van der Waals surface area contributed by atoms with Crippen LogP contribution in [-0.2, 0) is 4.79 Å². The highest BCUT2D eigenvalue weighted by molar-refractivity contribution is 8.00. The van der Waals surface area contributed by atoms with Gasteiger partial charge in [0.1, 0.15) is 5.25 Å². The molecule has 76 valence electrons. The first-order valence-electron chi connectivity index (χ1n) is 3.86. The van der Waals surface area contributed by atoms with Crippen LogP contribution >= 0.6 is 35.0 Å². The normalized spacial score (nSPS) is 12.5. The second-order valence-corrected chi connectivity index (χ2v) is 4.81. The highest BCUT2D eigenvalue weighted by Crippen LogP contribution is 2.36. The number of halogens is 2. The standard InChI is InChI=1S/C9H8Cl2O2S/c1-5(9(12)13)14-8-6(10)3-2-4-7(8)11/h2-5H,1H3,(H,12,13). The van der Waals surface area contributed by atoms with Crippen LogP contribution in [0.3, 0.4) is 0 Å². The van der Waals surface area contributed by atoms with Crippen LogP contribution < -0.4 is 0 Å². The van der Waals surface area contributed by atoms with E-state index in [1.165, 1.54) is 0 Å². The fourth-order valence-electron chi connectivity index (χ4n) is 0.822. The van der Waals surface area contributed by atoms with Crippen molar-refractivity contribution in [2.24, 2.45) is 0 Å². The molecule has 1 atom stereocenters. The SMILES string of the molecule is CC(Sc1c(Cl)cccc1Cl)C(=O)O. The fourth-order valence-corrected chi connectivity index (χ4v) is 2.30. The van der Waals surface area contributed by atoms with Crippen LogP contribution in [0.1, 0.15) is 6.92 Å². The first kappa shape index (κ1) is 11.7. The molecule has 2 nitrogen and oxygen atoms in total. The second kappa shape index (κ2) is 4.91. The van der Waals surface area contributed by atoms with E-state index in [0.29, 0.717) is 14.9 Å². The van der Waals surface area contributed by atoms with E-state index in [0.717, 1.165) is 11.8 Å². The number of thioether (sulfide) groups is 1. The largest absolute Gasteiger partial charge is 0.480 e. The van der Waals surface area contributed by atoms with Crippen LogP contribution in [0.2, 0.25) is 10.0 Å². The summed E-state index contributed by atoms with van der Waals surface area (Å²) in [6.45, 7) is 1.59. The van der Waals surface area contributed by atoms with Crippen LogP contribution in [0.5, 0.6) is 0 Å². The van der Waals surface area contributed by atoms with Crippen molar-refractivity contribution in [3.8, 4) is 0 Å². The molecule has 14 heavy (non-hydrogen) atoms. The van der Waals surface area contributed by atoms with Gasteiger partial charge in [0.2, 0.25) is 0 Å². The van der Waals surface area contributed by atoms with E-state index < -0.39 is 11.2 Å². The van der Waals surface area contributed by atoms with Crippen molar-refractivity contribution < 1.29 is 9.90 Å². The zero-order valence-corrected chi connectivity index (χ0v) is 9.66. The number of hydrogen-bond acceptors (Lipinski definition) is 2. The lowest BCUT2D eigenvalue weighted by Gasteiger charge is -2.09. The first-order chi connectivity index (χ1) is 6.52. The Morgan fingerprint density at radius 2 is 1.93 bits per heavy atom. The highest BCUT2D eigenvalue weighted by atomic mass is 35.5. The quantitative estimate of drug-likeness (QED) is 0.834. The molecule has 0 aliphatic heterocycles. The zero-order chi connectivity index (χ0) is 10.7. The molecule has 1 rings (SSSR count). The van der Waals surface area contributed by atoms with E-state index in [4.69, 9.17) is 28.3 Å². The molecule has 0 aliphatic rings. The molecule has 0 saturated carbocycles. The molecule has 0 amide bonds. The van der Waals surface area contributed by atoms with Gasteiger partial charge in [0.15, 0.2) is 0 Å². The molecule has 0 bridgehead atoms. The molecule has 1 unspecified atom stereocenters. The summed E-state index contributed by atoms with van der Waals surface area (Å²) in [5.41, 5.74) is 0. The molecule has 0 spiro atoms. The smallest absolute Gasteiger partial charge is 0.316 e. The topological polar surface area (TPSA) is 37.3 Å². The van der Waals surface area contributed by atoms with E-state index in [2.05, 4.69) is 0 Å². The predicted molar refractivity (Wildman–Crippen MR) is 59.4 cm³/mol. The molecular formula is C9H8Cl2O2S. The lowest BCUT2D eigenvalue weighted by Crippen LogP contribution is -2.11. The predicted octanol–water partition coefficient (Wildman–Crippen LogP) is 3.56. The van der Waals surface area contributed by atoms with E-state index in [9.17, 15) is 4.79 Å². The van der Waals surface area contributed by atoms with Crippen LogP contribution in [0, 0.1) is 0 Å². The maximum absolute atomic E-state index is 10.6. The van der Waals surface area contributed by atoms with Gasteiger partial charge in [-0.3, -0.25) is 4.79 Å². The number of carboxylic acids is 1. The Labute approximate surface area is 96.2 Å². The second-order valence-electron chi connectivity index (χ2n) is 2.65. The average molecular weight is 251 g/mol. The zero-order valence-electron chi connectivity index (χ0n) is 7.33. The molecule has 0 aromatic heterocycles. The van der Waals surface area contributed by atoms with Gasteiger partial charge < -0.3 is 5.11 Å². The summed E-state index contributed by atoms with van der Waals surface area (Å²) in [6.07, 6.45) is 0. The lowest BCUT2D eigenvalue weighted by atomic mass is 10.4. The van der Waals surface area contributed by atoms with Gasteiger partial charge >= 0.3 is 5.97 Å². The summed E-state index contributed by atoms with van der Waals surface area (Å²) in [4.78, 5) is 11.2. The summed E-state index contributed by atoms with van der Waals surface area (Å²) < 4.78 is 0. The summed E-state index contributed by atoms with van der Waals surface area (Å²) in [5.74, 6) is -0.883. The molecule has 0 aliphatic carbocycles. The number of hydrogen-bond donors (Lipinski definition) is 1. The summed E-state index contributed by atoms with van der Waals surface area (Å²) in [6, 6.07) is 5.09. The summed E-state index contributed by atoms with van der Waals surface area (Å²) in [7, 11) is 0. The van der Waals surface area contributed by atoms with Crippen molar-refractivity contribution in [3.05, 3.63) is 28.2 Å². The number of aliphatic carboxylic acids is 1. The molecule has 5 heteroatoms. The highest BCUT2D eigenvalue weighted by Gasteiger charge is 2.16. The van der Waals surface area contributed by atoms with Crippen LogP contribution in [0.25, 0.3) is 0 Å². The Hall–Kier alpha value is -0.380. The number of carbonyl (C=O) groups is 1. The third kappa shape index (κ3) is 2.80. The van der Waals surface area contributed by atoms with Gasteiger partial charge in [0.25, 0.3) is 0 Å². The number of rotatable bonds is 3. The summed E-state index contributed by atoms with van der Waals surface area (Å²) in [5, 5.41) is 9.12. The fraction of sp³-hybridized carbons (Fsp3) is 0.222. The minimum Gasteiger partial charge on any atom is -0.480 e. The Balaban J connectivity index is 2.91. The molecule has 0 saturated heterocycles. The van der Waals surface area contributed by atoms with E-state index in [-0.39, 0.29) is 0 Å². The monoisotopic (exact) mass is 250 g/mol. The maximum atomic E-state index is 10.6. The Morgan fingerprint density at radius 1 is 1.43 bits per heavy atom. The Kier molecular flexibility index (Phi) is 4.11. The van der Waals surface area contributed by atoms with Crippen molar-refractivity contribution in [2.75, 3.05) is 0 Å². The van der Waals surface area contributed by atoms with Gasteiger partial charge in [0, 0.05) is 4.90 Å². The van der Waals surface area contributed by atoms with Gasteiger partial charge in [-0.05, 0) is 19.1 Å². The Morgan fingerprint density at radius 3 is 2.36 bits per heavy atom. The van der Waals surface area contributed by atoms with Crippen molar-refractivity contribution in [1.82, 2.24) is 0 Å². The molecule has 1 N–H and O–H groups in total. The number of carboxylic acid groups (broad SMARTS) is 1.